The van der Waals surface area contributed by atoms with E-state index in [0.717, 1.165) is 17.7 Å². The predicted molar refractivity (Wildman–Crippen MR) is 82.8 cm³/mol. The van der Waals surface area contributed by atoms with Gasteiger partial charge in [0.15, 0.2) is 0 Å². The van der Waals surface area contributed by atoms with Crippen LogP contribution in [0.25, 0.3) is 0 Å². The van der Waals surface area contributed by atoms with Crippen LogP contribution in [0.5, 0.6) is 5.75 Å². The third-order valence-corrected chi connectivity index (χ3v) is 3.15. The lowest BCUT2D eigenvalue weighted by molar-refractivity contribution is 0.0947. The SMILES string of the molecule is CCCOCc1cc(C(=O)NCc2ccco2)ccc1OC. The van der Waals surface area contributed by atoms with Gasteiger partial charge in [-0.1, -0.05) is 6.92 Å². The van der Waals surface area contributed by atoms with Crippen LogP contribution in [0.15, 0.2) is 41.0 Å². The zero-order chi connectivity index (χ0) is 15.8. The fourth-order valence-electron chi connectivity index (χ4n) is 2.04. The second-order valence-electron chi connectivity index (χ2n) is 4.84. The van der Waals surface area contributed by atoms with Crippen LogP contribution in [0.4, 0.5) is 0 Å². The number of rotatable bonds is 8. The maximum atomic E-state index is 12.2. The van der Waals surface area contributed by atoms with Gasteiger partial charge >= 0.3 is 0 Å². The van der Waals surface area contributed by atoms with Crippen molar-refractivity contribution in [2.75, 3.05) is 13.7 Å². The Morgan fingerprint density at radius 2 is 2.18 bits per heavy atom. The summed E-state index contributed by atoms with van der Waals surface area (Å²) in [5, 5.41) is 2.82. The normalized spacial score (nSPS) is 10.5. The molecule has 0 bridgehead atoms. The third-order valence-electron chi connectivity index (χ3n) is 3.15. The Bertz CT molecular complexity index is 593. The lowest BCUT2D eigenvalue weighted by Crippen LogP contribution is -2.22. The maximum Gasteiger partial charge on any atom is 0.251 e. The monoisotopic (exact) mass is 303 g/mol. The Morgan fingerprint density at radius 1 is 1.32 bits per heavy atom. The number of hydrogen-bond acceptors (Lipinski definition) is 4. The molecule has 2 rings (SSSR count). The van der Waals surface area contributed by atoms with Gasteiger partial charge in [0, 0.05) is 17.7 Å². The van der Waals surface area contributed by atoms with E-state index in [0.29, 0.717) is 31.1 Å². The molecule has 5 heteroatoms. The summed E-state index contributed by atoms with van der Waals surface area (Å²) in [6, 6.07) is 8.92. The number of ether oxygens (including phenoxy) is 2. The van der Waals surface area contributed by atoms with Crippen molar-refractivity contribution in [2.24, 2.45) is 0 Å². The summed E-state index contributed by atoms with van der Waals surface area (Å²) in [5.74, 6) is 1.28. The molecule has 118 valence electrons. The lowest BCUT2D eigenvalue weighted by Gasteiger charge is -2.11. The second-order valence-corrected chi connectivity index (χ2v) is 4.84. The molecule has 1 N–H and O–H groups in total. The van der Waals surface area contributed by atoms with E-state index >= 15 is 0 Å². The Balaban J connectivity index is 2.02. The number of benzene rings is 1. The van der Waals surface area contributed by atoms with Gasteiger partial charge in [0.05, 0.1) is 26.5 Å². The average Bonchev–Trinajstić information content (AvgIpc) is 3.06. The minimum absolute atomic E-state index is 0.157. The molecular weight excluding hydrogens is 282 g/mol. The molecule has 5 nitrogen and oxygen atoms in total. The summed E-state index contributed by atoms with van der Waals surface area (Å²) < 4.78 is 16.0. The van der Waals surface area contributed by atoms with E-state index in [9.17, 15) is 4.79 Å². The van der Waals surface area contributed by atoms with Gasteiger partial charge in [-0.05, 0) is 36.8 Å². The Labute approximate surface area is 130 Å². The van der Waals surface area contributed by atoms with E-state index in [1.807, 2.05) is 6.07 Å². The van der Waals surface area contributed by atoms with Crippen molar-refractivity contribution in [2.45, 2.75) is 26.5 Å². The van der Waals surface area contributed by atoms with Gasteiger partial charge in [0.1, 0.15) is 11.5 Å². The molecular formula is C17H21NO4. The molecule has 0 saturated carbocycles. The van der Waals surface area contributed by atoms with E-state index < -0.39 is 0 Å². The van der Waals surface area contributed by atoms with Crippen LogP contribution >= 0.6 is 0 Å². The molecule has 1 heterocycles. The van der Waals surface area contributed by atoms with E-state index in [2.05, 4.69) is 12.2 Å². The van der Waals surface area contributed by atoms with Crippen molar-refractivity contribution >= 4 is 5.91 Å². The van der Waals surface area contributed by atoms with Gasteiger partial charge in [0.25, 0.3) is 5.91 Å². The molecule has 0 spiro atoms. The molecule has 0 aliphatic carbocycles. The first-order valence-electron chi connectivity index (χ1n) is 7.29. The van der Waals surface area contributed by atoms with Crippen LogP contribution < -0.4 is 10.1 Å². The van der Waals surface area contributed by atoms with Crippen molar-refractivity contribution in [1.82, 2.24) is 5.32 Å². The summed E-state index contributed by atoms with van der Waals surface area (Å²) in [6.07, 6.45) is 2.53. The van der Waals surface area contributed by atoms with Crippen molar-refractivity contribution in [3.8, 4) is 5.75 Å². The molecule has 2 aromatic rings. The zero-order valence-corrected chi connectivity index (χ0v) is 12.9. The van der Waals surface area contributed by atoms with E-state index in [1.54, 1.807) is 37.6 Å². The quantitative estimate of drug-likeness (QED) is 0.761. The standard InChI is InChI=1S/C17H21NO4/c1-3-8-21-12-14-10-13(6-7-16(14)20-2)17(19)18-11-15-5-4-9-22-15/h4-7,9-10H,3,8,11-12H2,1-2H3,(H,18,19). The highest BCUT2D eigenvalue weighted by Crippen LogP contribution is 2.21. The van der Waals surface area contributed by atoms with Gasteiger partial charge < -0.3 is 19.2 Å². The molecule has 22 heavy (non-hydrogen) atoms. The smallest absolute Gasteiger partial charge is 0.251 e. The number of carbonyl (C=O) groups excluding carboxylic acids is 1. The van der Waals surface area contributed by atoms with Crippen LogP contribution in [-0.2, 0) is 17.9 Å². The minimum Gasteiger partial charge on any atom is -0.496 e. The van der Waals surface area contributed by atoms with Crippen molar-refractivity contribution < 1.29 is 18.7 Å². The fraction of sp³-hybridized carbons (Fsp3) is 0.353. The highest BCUT2D eigenvalue weighted by molar-refractivity contribution is 5.94. The fourth-order valence-corrected chi connectivity index (χ4v) is 2.04. The lowest BCUT2D eigenvalue weighted by atomic mass is 10.1. The maximum absolute atomic E-state index is 12.2. The highest BCUT2D eigenvalue weighted by Gasteiger charge is 2.11. The second kappa shape index (κ2) is 8.24. The van der Waals surface area contributed by atoms with Gasteiger partial charge in [-0.3, -0.25) is 4.79 Å². The van der Waals surface area contributed by atoms with E-state index in [-0.39, 0.29) is 5.91 Å². The van der Waals surface area contributed by atoms with Gasteiger partial charge in [0.2, 0.25) is 0 Å². The molecule has 0 radical (unpaired) electrons. The highest BCUT2D eigenvalue weighted by atomic mass is 16.5. The number of carbonyl (C=O) groups is 1. The van der Waals surface area contributed by atoms with Gasteiger partial charge in [-0.25, -0.2) is 0 Å². The van der Waals surface area contributed by atoms with Crippen LogP contribution in [0.2, 0.25) is 0 Å². The molecule has 0 fully saturated rings. The molecule has 0 aliphatic heterocycles. The summed E-state index contributed by atoms with van der Waals surface area (Å²) in [7, 11) is 1.61. The molecule has 1 amide bonds. The largest absolute Gasteiger partial charge is 0.496 e. The number of hydrogen-bond donors (Lipinski definition) is 1. The van der Waals surface area contributed by atoms with Gasteiger partial charge in [-0.15, -0.1) is 0 Å². The van der Waals surface area contributed by atoms with Crippen molar-refractivity contribution in [3.63, 3.8) is 0 Å². The Morgan fingerprint density at radius 3 is 2.86 bits per heavy atom. The average molecular weight is 303 g/mol. The molecule has 1 aromatic heterocycles. The topological polar surface area (TPSA) is 60.7 Å². The van der Waals surface area contributed by atoms with Gasteiger partial charge in [-0.2, -0.15) is 0 Å². The number of furan rings is 1. The molecule has 0 unspecified atom stereocenters. The number of methoxy groups -OCH3 is 1. The number of nitrogens with one attached hydrogen (secondary N) is 1. The van der Waals surface area contributed by atoms with Crippen molar-refractivity contribution in [3.05, 3.63) is 53.5 Å². The minimum atomic E-state index is -0.157. The van der Waals surface area contributed by atoms with Crippen molar-refractivity contribution in [1.29, 1.82) is 0 Å². The van der Waals surface area contributed by atoms with E-state index in [4.69, 9.17) is 13.9 Å². The molecule has 0 saturated heterocycles. The predicted octanol–water partition coefficient (Wildman–Crippen LogP) is 3.14. The Kier molecular flexibility index (Phi) is 6.03. The van der Waals surface area contributed by atoms with Crippen LogP contribution in [-0.4, -0.2) is 19.6 Å². The summed E-state index contributed by atoms with van der Waals surface area (Å²) in [6.45, 7) is 3.52. The first-order valence-corrected chi connectivity index (χ1v) is 7.29. The third kappa shape index (κ3) is 4.36. The Hall–Kier alpha value is -2.27. The van der Waals surface area contributed by atoms with Crippen LogP contribution in [0.3, 0.4) is 0 Å². The zero-order valence-electron chi connectivity index (χ0n) is 12.9. The summed E-state index contributed by atoms with van der Waals surface area (Å²) >= 11 is 0. The van der Waals surface area contributed by atoms with Crippen LogP contribution in [0, 0.1) is 0 Å². The first kappa shape index (κ1) is 16.1. The molecule has 1 aromatic carbocycles. The summed E-state index contributed by atoms with van der Waals surface area (Å²) in [5.41, 5.74) is 1.43. The first-order chi connectivity index (χ1) is 10.7. The van der Waals surface area contributed by atoms with Crippen LogP contribution in [0.1, 0.15) is 35.0 Å². The summed E-state index contributed by atoms with van der Waals surface area (Å²) in [4.78, 5) is 12.2. The van der Waals surface area contributed by atoms with E-state index in [1.165, 1.54) is 0 Å². The molecule has 0 aliphatic rings. The molecule has 0 atom stereocenters. The number of amides is 1.